The van der Waals surface area contributed by atoms with Gasteiger partial charge in [-0.15, -0.1) is 0 Å². The van der Waals surface area contributed by atoms with Crippen LogP contribution in [0.5, 0.6) is 0 Å². The topological polar surface area (TPSA) is 86.8 Å². The number of carbonyl (C=O) groups is 2. The summed E-state index contributed by atoms with van der Waals surface area (Å²) in [4.78, 5) is 28.4. The molecule has 1 fully saturated rings. The molecule has 0 saturated carbocycles. The van der Waals surface area contributed by atoms with E-state index < -0.39 is 26.8 Å². The van der Waals surface area contributed by atoms with E-state index in [0.29, 0.717) is 30.2 Å². The summed E-state index contributed by atoms with van der Waals surface area (Å²) in [5.74, 6) is -1.09. The number of nitrogens with one attached hydrogen (secondary N) is 1. The number of sulfone groups is 1. The van der Waals surface area contributed by atoms with E-state index in [4.69, 9.17) is 11.6 Å². The maximum absolute atomic E-state index is 13.1. The van der Waals surface area contributed by atoms with Crippen LogP contribution in [0.25, 0.3) is 0 Å². The summed E-state index contributed by atoms with van der Waals surface area (Å²) in [5, 5.41) is 2.03. The SMILES string of the molecule is CC(C(=O)N1CCCN(C(=O)Nc2ccc(Cl)cc2)CC1)S(=O)(=O)c1ccc(F)cc1. The lowest BCUT2D eigenvalue weighted by atomic mass is 10.3. The van der Waals surface area contributed by atoms with Crippen LogP contribution in [0.3, 0.4) is 0 Å². The monoisotopic (exact) mass is 467 g/mol. The van der Waals surface area contributed by atoms with Crippen LogP contribution in [-0.2, 0) is 14.6 Å². The zero-order valence-corrected chi connectivity index (χ0v) is 18.5. The molecule has 3 amide bonds. The number of hydrogen-bond donors (Lipinski definition) is 1. The van der Waals surface area contributed by atoms with Gasteiger partial charge < -0.3 is 15.1 Å². The van der Waals surface area contributed by atoms with Crippen molar-refractivity contribution < 1.29 is 22.4 Å². The van der Waals surface area contributed by atoms with E-state index >= 15 is 0 Å². The fraction of sp³-hybridized carbons (Fsp3) is 0.333. The van der Waals surface area contributed by atoms with Gasteiger partial charge in [0.2, 0.25) is 5.91 Å². The first kappa shape index (κ1) is 23.0. The highest BCUT2D eigenvalue weighted by Crippen LogP contribution is 2.19. The van der Waals surface area contributed by atoms with Gasteiger partial charge in [-0.2, -0.15) is 0 Å². The number of rotatable bonds is 4. The average Bonchev–Trinajstić information content (AvgIpc) is 3.01. The van der Waals surface area contributed by atoms with Gasteiger partial charge in [0.1, 0.15) is 11.1 Å². The van der Waals surface area contributed by atoms with Crippen molar-refractivity contribution in [3.05, 3.63) is 59.4 Å². The summed E-state index contributed by atoms with van der Waals surface area (Å²) < 4.78 is 38.6. The van der Waals surface area contributed by atoms with Gasteiger partial charge in [-0.05, 0) is 61.9 Å². The number of anilines is 1. The summed E-state index contributed by atoms with van der Waals surface area (Å²) in [6, 6.07) is 10.8. The predicted octanol–water partition coefficient (Wildman–Crippen LogP) is 3.41. The van der Waals surface area contributed by atoms with Crippen molar-refractivity contribution in [2.24, 2.45) is 0 Å². The second kappa shape index (κ2) is 9.65. The van der Waals surface area contributed by atoms with Crippen LogP contribution < -0.4 is 5.32 Å². The predicted molar refractivity (Wildman–Crippen MR) is 116 cm³/mol. The zero-order valence-electron chi connectivity index (χ0n) is 16.9. The quantitative estimate of drug-likeness (QED) is 0.698. The lowest BCUT2D eigenvalue weighted by Gasteiger charge is -2.25. The molecule has 0 spiro atoms. The van der Waals surface area contributed by atoms with Crippen molar-refractivity contribution in [2.75, 3.05) is 31.5 Å². The Hall–Kier alpha value is -2.65. The van der Waals surface area contributed by atoms with Crippen LogP contribution in [-0.4, -0.2) is 61.6 Å². The number of urea groups is 1. The molecule has 1 atom stereocenters. The second-order valence-corrected chi connectivity index (χ2v) is 9.95. The Labute approximate surface area is 185 Å². The molecule has 1 N–H and O–H groups in total. The van der Waals surface area contributed by atoms with Crippen molar-refractivity contribution in [2.45, 2.75) is 23.5 Å². The Morgan fingerprint density at radius 3 is 2.19 bits per heavy atom. The standard InChI is InChI=1S/C21H23ClFN3O4S/c1-15(31(29,30)19-9-5-17(23)6-10-19)20(27)25-11-2-12-26(14-13-25)21(28)24-18-7-3-16(22)4-8-18/h3-10,15H,2,11-14H2,1H3,(H,24,28). The van der Waals surface area contributed by atoms with Gasteiger partial charge >= 0.3 is 6.03 Å². The number of carbonyl (C=O) groups excluding carboxylic acids is 2. The lowest BCUT2D eigenvalue weighted by Crippen LogP contribution is -2.44. The van der Waals surface area contributed by atoms with E-state index in [0.717, 1.165) is 24.3 Å². The molecule has 10 heteroatoms. The van der Waals surface area contributed by atoms with Gasteiger partial charge in [-0.3, -0.25) is 4.79 Å². The highest BCUT2D eigenvalue weighted by Gasteiger charge is 2.34. The summed E-state index contributed by atoms with van der Waals surface area (Å²) in [6.07, 6.45) is 0.517. The Morgan fingerprint density at radius 1 is 0.968 bits per heavy atom. The summed E-state index contributed by atoms with van der Waals surface area (Å²) in [7, 11) is -3.95. The first-order valence-electron chi connectivity index (χ1n) is 9.78. The molecule has 31 heavy (non-hydrogen) atoms. The number of hydrogen-bond acceptors (Lipinski definition) is 4. The third kappa shape index (κ3) is 5.54. The molecule has 0 bridgehead atoms. The average molecular weight is 468 g/mol. The van der Waals surface area contributed by atoms with E-state index in [2.05, 4.69) is 5.32 Å². The van der Waals surface area contributed by atoms with Gasteiger partial charge in [0.25, 0.3) is 0 Å². The maximum atomic E-state index is 13.1. The number of amides is 3. The molecule has 7 nitrogen and oxygen atoms in total. The Morgan fingerprint density at radius 2 is 1.55 bits per heavy atom. The largest absolute Gasteiger partial charge is 0.340 e. The first-order valence-corrected chi connectivity index (χ1v) is 11.7. The molecular weight excluding hydrogens is 445 g/mol. The first-order chi connectivity index (χ1) is 14.7. The Bertz CT molecular complexity index is 1050. The fourth-order valence-corrected chi connectivity index (χ4v) is 4.76. The lowest BCUT2D eigenvalue weighted by molar-refractivity contribution is -0.130. The van der Waals surface area contributed by atoms with E-state index in [1.807, 2.05) is 0 Å². The normalized spacial score (nSPS) is 15.8. The summed E-state index contributed by atoms with van der Waals surface area (Å²) in [6.45, 7) is 2.59. The number of nitrogens with zero attached hydrogens (tertiary/aromatic N) is 2. The molecule has 2 aromatic rings. The molecule has 3 rings (SSSR count). The molecule has 2 aromatic carbocycles. The third-order valence-corrected chi connectivity index (χ3v) is 7.46. The third-order valence-electron chi connectivity index (χ3n) is 5.15. The smallest absolute Gasteiger partial charge is 0.321 e. The molecule has 1 saturated heterocycles. The molecule has 1 heterocycles. The molecule has 1 unspecified atom stereocenters. The van der Waals surface area contributed by atoms with E-state index in [1.165, 1.54) is 11.8 Å². The molecule has 0 aromatic heterocycles. The molecule has 0 radical (unpaired) electrons. The maximum Gasteiger partial charge on any atom is 0.321 e. The van der Waals surface area contributed by atoms with Crippen LogP contribution in [0.4, 0.5) is 14.9 Å². The van der Waals surface area contributed by atoms with Gasteiger partial charge in [0.05, 0.1) is 4.90 Å². The van der Waals surface area contributed by atoms with Crippen molar-refractivity contribution in [1.29, 1.82) is 0 Å². The fourth-order valence-electron chi connectivity index (χ4n) is 3.29. The number of halogens is 2. The number of benzene rings is 2. The molecule has 1 aliphatic heterocycles. The van der Waals surface area contributed by atoms with Crippen LogP contribution in [0, 0.1) is 5.82 Å². The van der Waals surface area contributed by atoms with E-state index in [1.54, 1.807) is 29.2 Å². The highest BCUT2D eigenvalue weighted by atomic mass is 35.5. The van der Waals surface area contributed by atoms with Crippen molar-refractivity contribution in [1.82, 2.24) is 9.80 Å². The van der Waals surface area contributed by atoms with Crippen molar-refractivity contribution in [3.63, 3.8) is 0 Å². The summed E-state index contributed by atoms with van der Waals surface area (Å²) >= 11 is 5.85. The highest BCUT2D eigenvalue weighted by molar-refractivity contribution is 7.92. The Kier molecular flexibility index (Phi) is 7.17. The van der Waals surface area contributed by atoms with Crippen molar-refractivity contribution >= 4 is 39.1 Å². The minimum atomic E-state index is -3.95. The van der Waals surface area contributed by atoms with E-state index in [9.17, 15) is 22.4 Å². The molecular formula is C21H23ClFN3O4S. The van der Waals surface area contributed by atoms with Crippen LogP contribution in [0.2, 0.25) is 5.02 Å². The van der Waals surface area contributed by atoms with Gasteiger partial charge in [-0.25, -0.2) is 17.6 Å². The minimum Gasteiger partial charge on any atom is -0.340 e. The minimum absolute atomic E-state index is 0.103. The summed E-state index contributed by atoms with van der Waals surface area (Å²) in [5.41, 5.74) is 0.602. The van der Waals surface area contributed by atoms with Gasteiger partial charge in [0, 0.05) is 36.9 Å². The molecule has 0 aliphatic carbocycles. The molecule has 1 aliphatic rings. The van der Waals surface area contributed by atoms with Crippen LogP contribution in [0.15, 0.2) is 53.4 Å². The van der Waals surface area contributed by atoms with Crippen molar-refractivity contribution in [3.8, 4) is 0 Å². The van der Waals surface area contributed by atoms with Gasteiger partial charge in [0.15, 0.2) is 9.84 Å². The second-order valence-electron chi connectivity index (χ2n) is 7.24. The zero-order chi connectivity index (χ0) is 22.6. The van der Waals surface area contributed by atoms with E-state index in [-0.39, 0.29) is 24.0 Å². The van der Waals surface area contributed by atoms with Crippen LogP contribution in [0.1, 0.15) is 13.3 Å². The molecule has 166 valence electrons. The Balaban J connectivity index is 1.62. The van der Waals surface area contributed by atoms with Gasteiger partial charge in [-0.1, -0.05) is 11.6 Å². The van der Waals surface area contributed by atoms with Crippen LogP contribution >= 0.6 is 11.6 Å².